The largest absolute Gasteiger partial charge is 0.472 e. The molecule has 0 unspecified atom stereocenters. The number of sulfonamides is 1. The fourth-order valence-electron chi connectivity index (χ4n) is 3.85. The van der Waals surface area contributed by atoms with Crippen molar-refractivity contribution in [3.63, 3.8) is 0 Å². The van der Waals surface area contributed by atoms with Gasteiger partial charge < -0.3 is 14.1 Å². The number of hydrogen-bond donors (Lipinski definition) is 0. The lowest BCUT2D eigenvalue weighted by Crippen LogP contribution is -2.46. The summed E-state index contributed by atoms with van der Waals surface area (Å²) in [4.78, 5) is 22.8. The van der Waals surface area contributed by atoms with Crippen LogP contribution in [-0.2, 0) is 16.6 Å². The number of hydrogen-bond acceptors (Lipinski definition) is 7. The van der Waals surface area contributed by atoms with Gasteiger partial charge in [-0.15, -0.1) is 0 Å². The maximum Gasteiger partial charge on any atom is 0.257 e. The Kier molecular flexibility index (Phi) is 4.52. The van der Waals surface area contributed by atoms with Crippen molar-refractivity contribution in [2.75, 3.05) is 13.1 Å². The van der Waals surface area contributed by atoms with Gasteiger partial charge in [0, 0.05) is 18.9 Å². The third-order valence-electron chi connectivity index (χ3n) is 5.29. The summed E-state index contributed by atoms with van der Waals surface area (Å²) < 4.78 is 39.5. The van der Waals surface area contributed by atoms with Gasteiger partial charge in [-0.05, 0) is 30.3 Å². The van der Waals surface area contributed by atoms with Gasteiger partial charge in [-0.3, -0.25) is 9.78 Å². The number of furan rings is 1. The van der Waals surface area contributed by atoms with E-state index in [1.54, 1.807) is 41.4 Å². The van der Waals surface area contributed by atoms with Crippen molar-refractivity contribution in [2.24, 2.45) is 0 Å². The van der Waals surface area contributed by atoms with Gasteiger partial charge in [0.05, 0.1) is 36.7 Å². The summed E-state index contributed by atoms with van der Waals surface area (Å²) in [5, 5.41) is 0. The fourth-order valence-corrected chi connectivity index (χ4v) is 5.53. The van der Waals surface area contributed by atoms with E-state index in [1.807, 2.05) is 0 Å². The number of amides is 1. The zero-order chi connectivity index (χ0) is 20.7. The molecule has 2 aliphatic heterocycles. The molecule has 1 amide bonds. The van der Waals surface area contributed by atoms with E-state index in [-0.39, 0.29) is 36.3 Å². The van der Waals surface area contributed by atoms with E-state index in [9.17, 15) is 13.2 Å². The first kappa shape index (κ1) is 18.8. The quantitative estimate of drug-likeness (QED) is 0.625. The third kappa shape index (κ3) is 3.14. The van der Waals surface area contributed by atoms with E-state index in [4.69, 9.17) is 9.15 Å². The number of carbonyl (C=O) groups is 1. The van der Waals surface area contributed by atoms with Crippen molar-refractivity contribution in [2.45, 2.75) is 23.6 Å². The molecule has 0 saturated carbocycles. The number of rotatable bonds is 3. The van der Waals surface area contributed by atoms with E-state index < -0.39 is 22.2 Å². The van der Waals surface area contributed by atoms with E-state index in [0.717, 1.165) is 0 Å². The average Bonchev–Trinajstić information content (AvgIpc) is 3.41. The summed E-state index contributed by atoms with van der Waals surface area (Å²) in [5.41, 5.74) is 1.01. The van der Waals surface area contributed by atoms with Gasteiger partial charge >= 0.3 is 0 Å². The molecule has 0 bridgehead atoms. The van der Waals surface area contributed by atoms with Crippen LogP contribution in [0.5, 0.6) is 5.88 Å². The van der Waals surface area contributed by atoms with Gasteiger partial charge in [0.25, 0.3) is 5.91 Å². The maximum absolute atomic E-state index is 13.5. The standard InChI is InChI=1S/C20H18N4O5S/c25-20(14-6-9-28-13-14)23-11-16-17(12-23)29-19-18(5-3-8-22-19)30(26,27)24(16)10-15-4-1-2-7-21-15/h1-9,13,16-17H,10-12H2/t16-,17-/m1/s1. The molecule has 0 radical (unpaired) electrons. The summed E-state index contributed by atoms with van der Waals surface area (Å²) in [7, 11) is -3.93. The predicted octanol–water partition coefficient (Wildman–Crippen LogP) is 1.55. The first-order chi connectivity index (χ1) is 14.5. The summed E-state index contributed by atoms with van der Waals surface area (Å²) in [5.74, 6) is -0.189. The highest BCUT2D eigenvalue weighted by atomic mass is 32.2. The van der Waals surface area contributed by atoms with Crippen molar-refractivity contribution in [3.05, 3.63) is 72.6 Å². The summed E-state index contributed by atoms with van der Waals surface area (Å²) in [6, 6.07) is 9.39. The molecule has 3 aromatic rings. The lowest BCUT2D eigenvalue weighted by atomic mass is 10.2. The monoisotopic (exact) mass is 426 g/mol. The zero-order valence-electron chi connectivity index (χ0n) is 15.8. The molecule has 1 fully saturated rings. The molecule has 30 heavy (non-hydrogen) atoms. The van der Waals surface area contributed by atoms with E-state index >= 15 is 0 Å². The maximum atomic E-state index is 13.5. The lowest BCUT2D eigenvalue weighted by molar-refractivity contribution is 0.0769. The topological polar surface area (TPSA) is 106 Å². The highest BCUT2D eigenvalue weighted by Crippen LogP contribution is 2.35. The normalized spacial score (nSPS) is 22.6. The smallest absolute Gasteiger partial charge is 0.257 e. The fraction of sp³-hybridized carbons (Fsp3) is 0.250. The summed E-state index contributed by atoms with van der Waals surface area (Å²) >= 11 is 0. The molecule has 9 nitrogen and oxygen atoms in total. The van der Waals surface area contributed by atoms with Gasteiger partial charge in [0.1, 0.15) is 17.3 Å². The number of fused-ring (bicyclic) bond motifs is 2. The molecular weight excluding hydrogens is 408 g/mol. The highest BCUT2D eigenvalue weighted by Gasteiger charge is 2.48. The second kappa shape index (κ2) is 7.22. The van der Waals surface area contributed by atoms with Crippen LogP contribution in [0.2, 0.25) is 0 Å². The molecule has 0 aliphatic carbocycles. The number of ether oxygens (including phenoxy) is 1. The molecule has 0 N–H and O–H groups in total. The van der Waals surface area contributed by atoms with Crippen LogP contribution in [0.1, 0.15) is 16.1 Å². The van der Waals surface area contributed by atoms with Gasteiger partial charge in [-0.1, -0.05) is 6.07 Å². The minimum absolute atomic E-state index is 0.0167. The molecule has 2 aliphatic rings. The van der Waals surface area contributed by atoms with Crippen molar-refractivity contribution >= 4 is 15.9 Å². The van der Waals surface area contributed by atoms with Crippen molar-refractivity contribution in [1.29, 1.82) is 0 Å². The molecule has 0 spiro atoms. The highest BCUT2D eigenvalue weighted by molar-refractivity contribution is 7.89. The summed E-state index contributed by atoms with van der Waals surface area (Å²) in [6.07, 6.45) is 5.34. The average molecular weight is 426 g/mol. The van der Waals surface area contributed by atoms with E-state index in [2.05, 4.69) is 9.97 Å². The number of carbonyl (C=O) groups excluding carboxylic acids is 1. The number of pyridine rings is 2. The van der Waals surface area contributed by atoms with Crippen LogP contribution in [0.25, 0.3) is 0 Å². The first-order valence-corrected chi connectivity index (χ1v) is 10.8. The Morgan fingerprint density at radius 1 is 1.10 bits per heavy atom. The Balaban J connectivity index is 1.55. The van der Waals surface area contributed by atoms with Gasteiger partial charge in [-0.25, -0.2) is 13.4 Å². The van der Waals surface area contributed by atoms with Crippen molar-refractivity contribution in [1.82, 2.24) is 19.2 Å². The number of likely N-dealkylation sites (tertiary alicyclic amines) is 1. The lowest BCUT2D eigenvalue weighted by Gasteiger charge is -2.27. The van der Waals surface area contributed by atoms with Crippen molar-refractivity contribution < 1.29 is 22.4 Å². The Morgan fingerprint density at radius 3 is 2.73 bits per heavy atom. The van der Waals surface area contributed by atoms with E-state index in [1.165, 1.54) is 29.1 Å². The molecule has 5 rings (SSSR count). The molecule has 5 heterocycles. The van der Waals surface area contributed by atoms with Crippen LogP contribution in [0.15, 0.2) is 70.6 Å². The van der Waals surface area contributed by atoms with E-state index in [0.29, 0.717) is 11.3 Å². The SMILES string of the molecule is O=C(c1ccoc1)N1C[C@@H]2[C@@H](C1)Oc1ncccc1S(=O)(=O)N2Cc1ccccn1. The predicted molar refractivity (Wildman–Crippen MR) is 104 cm³/mol. The van der Waals surface area contributed by atoms with Gasteiger partial charge in [-0.2, -0.15) is 4.31 Å². The van der Waals surface area contributed by atoms with Gasteiger partial charge in [0.2, 0.25) is 15.9 Å². The molecule has 3 aromatic heterocycles. The summed E-state index contributed by atoms with van der Waals surface area (Å²) in [6.45, 7) is 0.490. The Labute approximate surface area is 173 Å². The van der Waals surface area contributed by atoms with Crippen LogP contribution >= 0.6 is 0 Å². The van der Waals surface area contributed by atoms with Crippen LogP contribution < -0.4 is 4.74 Å². The molecular formula is C20H18N4O5S. The molecule has 10 heteroatoms. The third-order valence-corrected chi connectivity index (χ3v) is 7.18. The number of aromatic nitrogens is 2. The second-order valence-electron chi connectivity index (χ2n) is 7.12. The molecule has 2 atom stereocenters. The number of nitrogens with zero attached hydrogens (tertiary/aromatic N) is 4. The molecule has 1 saturated heterocycles. The van der Waals surface area contributed by atoms with Crippen LogP contribution in [-0.4, -0.2) is 58.7 Å². The molecule has 0 aromatic carbocycles. The molecule has 154 valence electrons. The second-order valence-corrected chi connectivity index (χ2v) is 8.98. The van der Waals surface area contributed by atoms with Crippen LogP contribution in [0.3, 0.4) is 0 Å². The Hall–Kier alpha value is -3.24. The first-order valence-electron chi connectivity index (χ1n) is 9.39. The Morgan fingerprint density at radius 2 is 1.97 bits per heavy atom. The van der Waals surface area contributed by atoms with Gasteiger partial charge in [0.15, 0.2) is 0 Å². The minimum Gasteiger partial charge on any atom is -0.472 e. The van der Waals surface area contributed by atoms with Crippen LogP contribution in [0, 0.1) is 0 Å². The zero-order valence-corrected chi connectivity index (χ0v) is 16.6. The van der Waals surface area contributed by atoms with Crippen LogP contribution in [0.4, 0.5) is 0 Å². The van der Waals surface area contributed by atoms with Crippen molar-refractivity contribution in [3.8, 4) is 5.88 Å². The Bertz CT molecular complexity index is 1170. The minimum atomic E-state index is -3.93.